The maximum atomic E-state index is 11.0. The average molecular weight is 221 g/mol. The maximum Gasteiger partial charge on any atom is 0.307 e. The molecule has 0 bridgehead atoms. The minimum absolute atomic E-state index is 0.140. The van der Waals surface area contributed by atoms with Crippen LogP contribution >= 0.6 is 0 Å². The van der Waals surface area contributed by atoms with Crippen LogP contribution < -0.4 is 5.32 Å². The molecule has 0 aliphatic carbocycles. The molecule has 0 heterocycles. The van der Waals surface area contributed by atoms with E-state index >= 15 is 0 Å². The van der Waals surface area contributed by atoms with Crippen LogP contribution in [0, 0.1) is 6.92 Å². The van der Waals surface area contributed by atoms with Gasteiger partial charge in [0, 0.05) is 13.1 Å². The Labute approximate surface area is 96.8 Å². The maximum absolute atomic E-state index is 11.0. The van der Waals surface area contributed by atoms with E-state index in [0.29, 0.717) is 19.6 Å². The Kier molecular flexibility index (Phi) is 5.57. The van der Waals surface area contributed by atoms with Gasteiger partial charge in [0.05, 0.1) is 13.0 Å². The van der Waals surface area contributed by atoms with Gasteiger partial charge in [-0.3, -0.25) is 4.79 Å². The smallest absolute Gasteiger partial charge is 0.307 e. The Morgan fingerprint density at radius 2 is 2.00 bits per heavy atom. The zero-order chi connectivity index (χ0) is 11.8. The number of esters is 1. The van der Waals surface area contributed by atoms with Crippen LogP contribution in [0.5, 0.6) is 0 Å². The molecule has 0 atom stereocenters. The Hall–Kier alpha value is -1.35. The van der Waals surface area contributed by atoms with Crippen molar-refractivity contribution in [2.45, 2.75) is 26.8 Å². The summed E-state index contributed by atoms with van der Waals surface area (Å²) in [5.74, 6) is -0.140. The van der Waals surface area contributed by atoms with E-state index in [4.69, 9.17) is 4.74 Å². The summed E-state index contributed by atoms with van der Waals surface area (Å²) in [6, 6.07) is 8.35. The fourth-order valence-corrected chi connectivity index (χ4v) is 1.36. The third-order valence-corrected chi connectivity index (χ3v) is 2.26. The van der Waals surface area contributed by atoms with E-state index in [1.807, 2.05) is 6.92 Å². The number of aryl methyl sites for hydroxylation is 1. The van der Waals surface area contributed by atoms with E-state index in [2.05, 4.69) is 36.5 Å². The lowest BCUT2D eigenvalue weighted by molar-refractivity contribution is -0.142. The zero-order valence-electron chi connectivity index (χ0n) is 9.95. The molecule has 0 spiro atoms. The van der Waals surface area contributed by atoms with Gasteiger partial charge in [0.1, 0.15) is 0 Å². The highest BCUT2D eigenvalue weighted by Gasteiger charge is 2.00. The van der Waals surface area contributed by atoms with Crippen LogP contribution in [0.25, 0.3) is 0 Å². The molecule has 1 aromatic rings. The SMILES string of the molecule is CCOC(=O)CCNCc1ccc(C)cc1. The Morgan fingerprint density at radius 1 is 1.31 bits per heavy atom. The second kappa shape index (κ2) is 7.01. The molecule has 88 valence electrons. The Balaban J connectivity index is 2.16. The molecular weight excluding hydrogens is 202 g/mol. The molecule has 0 amide bonds. The molecule has 1 rings (SSSR count). The van der Waals surface area contributed by atoms with Crippen LogP contribution in [-0.2, 0) is 16.1 Å². The van der Waals surface area contributed by atoms with Crippen molar-refractivity contribution in [1.82, 2.24) is 5.32 Å². The lowest BCUT2D eigenvalue weighted by Crippen LogP contribution is -2.18. The van der Waals surface area contributed by atoms with Gasteiger partial charge in [-0.05, 0) is 19.4 Å². The number of carbonyl (C=O) groups excluding carboxylic acids is 1. The number of benzene rings is 1. The number of carbonyl (C=O) groups is 1. The fourth-order valence-electron chi connectivity index (χ4n) is 1.36. The summed E-state index contributed by atoms with van der Waals surface area (Å²) in [6.45, 7) is 5.79. The second-order valence-corrected chi connectivity index (χ2v) is 3.72. The summed E-state index contributed by atoms with van der Waals surface area (Å²) in [6.07, 6.45) is 0.430. The molecule has 3 nitrogen and oxygen atoms in total. The molecule has 0 radical (unpaired) electrons. The molecule has 0 fully saturated rings. The molecule has 1 N–H and O–H groups in total. The standard InChI is InChI=1S/C13H19NO2/c1-3-16-13(15)8-9-14-10-12-6-4-11(2)5-7-12/h4-7,14H,3,8-10H2,1-2H3. The molecule has 16 heavy (non-hydrogen) atoms. The van der Waals surface area contributed by atoms with Crippen molar-refractivity contribution in [3.8, 4) is 0 Å². The molecular formula is C13H19NO2. The molecule has 3 heteroatoms. The molecule has 0 saturated carbocycles. The minimum atomic E-state index is -0.140. The van der Waals surface area contributed by atoms with E-state index in [1.165, 1.54) is 11.1 Å². The quantitative estimate of drug-likeness (QED) is 0.590. The van der Waals surface area contributed by atoms with Gasteiger partial charge in [0.2, 0.25) is 0 Å². The first-order valence-corrected chi connectivity index (χ1v) is 5.64. The van der Waals surface area contributed by atoms with Crippen molar-refractivity contribution in [2.24, 2.45) is 0 Å². The summed E-state index contributed by atoms with van der Waals surface area (Å²) in [5.41, 5.74) is 2.49. The summed E-state index contributed by atoms with van der Waals surface area (Å²) in [7, 11) is 0. The topological polar surface area (TPSA) is 38.3 Å². The third kappa shape index (κ3) is 4.94. The van der Waals surface area contributed by atoms with Gasteiger partial charge in [-0.2, -0.15) is 0 Å². The summed E-state index contributed by atoms with van der Waals surface area (Å²) >= 11 is 0. The predicted molar refractivity (Wildman–Crippen MR) is 64.1 cm³/mol. The van der Waals surface area contributed by atoms with E-state index in [1.54, 1.807) is 0 Å². The first-order chi connectivity index (χ1) is 7.72. The highest BCUT2D eigenvalue weighted by atomic mass is 16.5. The van der Waals surface area contributed by atoms with E-state index in [9.17, 15) is 4.79 Å². The number of nitrogens with one attached hydrogen (secondary N) is 1. The molecule has 0 aliphatic heterocycles. The van der Waals surface area contributed by atoms with Gasteiger partial charge in [-0.1, -0.05) is 29.8 Å². The third-order valence-electron chi connectivity index (χ3n) is 2.26. The summed E-state index contributed by atoms with van der Waals surface area (Å²) in [4.78, 5) is 11.0. The van der Waals surface area contributed by atoms with Gasteiger partial charge < -0.3 is 10.1 Å². The van der Waals surface area contributed by atoms with Crippen LogP contribution in [0.1, 0.15) is 24.5 Å². The van der Waals surface area contributed by atoms with Gasteiger partial charge in [-0.25, -0.2) is 0 Å². The summed E-state index contributed by atoms with van der Waals surface area (Å²) < 4.78 is 4.83. The number of rotatable bonds is 6. The predicted octanol–water partition coefficient (Wildman–Crippen LogP) is 2.04. The van der Waals surface area contributed by atoms with Crippen molar-refractivity contribution in [1.29, 1.82) is 0 Å². The number of hydrogen-bond donors (Lipinski definition) is 1. The molecule has 0 unspecified atom stereocenters. The monoisotopic (exact) mass is 221 g/mol. The van der Waals surface area contributed by atoms with Crippen LogP contribution in [0.3, 0.4) is 0 Å². The largest absolute Gasteiger partial charge is 0.466 e. The van der Waals surface area contributed by atoms with Crippen LogP contribution in [-0.4, -0.2) is 19.1 Å². The van der Waals surface area contributed by atoms with Gasteiger partial charge in [-0.15, -0.1) is 0 Å². The number of hydrogen-bond acceptors (Lipinski definition) is 3. The second-order valence-electron chi connectivity index (χ2n) is 3.72. The Bertz CT molecular complexity index is 319. The van der Waals surface area contributed by atoms with E-state index in [-0.39, 0.29) is 5.97 Å². The highest BCUT2D eigenvalue weighted by Crippen LogP contribution is 2.02. The van der Waals surface area contributed by atoms with Crippen molar-refractivity contribution < 1.29 is 9.53 Å². The molecule has 1 aromatic carbocycles. The van der Waals surface area contributed by atoms with Crippen molar-refractivity contribution in [2.75, 3.05) is 13.2 Å². The highest BCUT2D eigenvalue weighted by molar-refractivity contribution is 5.69. The van der Waals surface area contributed by atoms with Crippen LogP contribution in [0.2, 0.25) is 0 Å². The van der Waals surface area contributed by atoms with E-state index in [0.717, 1.165) is 6.54 Å². The number of ether oxygens (including phenoxy) is 1. The molecule has 0 aliphatic rings. The lowest BCUT2D eigenvalue weighted by Gasteiger charge is -2.05. The Morgan fingerprint density at radius 3 is 2.62 bits per heavy atom. The minimum Gasteiger partial charge on any atom is -0.466 e. The van der Waals surface area contributed by atoms with Crippen LogP contribution in [0.4, 0.5) is 0 Å². The lowest BCUT2D eigenvalue weighted by atomic mass is 10.1. The zero-order valence-corrected chi connectivity index (χ0v) is 9.95. The van der Waals surface area contributed by atoms with E-state index < -0.39 is 0 Å². The fraction of sp³-hybridized carbons (Fsp3) is 0.462. The van der Waals surface area contributed by atoms with Crippen LogP contribution in [0.15, 0.2) is 24.3 Å². The van der Waals surface area contributed by atoms with Gasteiger partial charge >= 0.3 is 5.97 Å². The molecule has 0 saturated heterocycles. The van der Waals surface area contributed by atoms with Crippen molar-refractivity contribution in [3.63, 3.8) is 0 Å². The normalized spacial score (nSPS) is 10.1. The molecule has 0 aromatic heterocycles. The summed E-state index contributed by atoms with van der Waals surface area (Å²) in [5, 5.41) is 3.21. The first kappa shape index (κ1) is 12.7. The van der Waals surface area contributed by atoms with Gasteiger partial charge in [0.25, 0.3) is 0 Å². The van der Waals surface area contributed by atoms with Gasteiger partial charge in [0.15, 0.2) is 0 Å². The van der Waals surface area contributed by atoms with Crippen molar-refractivity contribution >= 4 is 5.97 Å². The first-order valence-electron chi connectivity index (χ1n) is 5.64. The van der Waals surface area contributed by atoms with Crippen molar-refractivity contribution in [3.05, 3.63) is 35.4 Å². The average Bonchev–Trinajstić information content (AvgIpc) is 2.27.